The summed E-state index contributed by atoms with van der Waals surface area (Å²) in [6, 6.07) is 10.9. The molecule has 0 atom stereocenters. The number of carbonyl (C=O) groups excluding carboxylic acids is 2. The van der Waals surface area contributed by atoms with E-state index in [2.05, 4.69) is 21.3 Å². The van der Waals surface area contributed by atoms with E-state index in [1.807, 2.05) is 24.3 Å². The third-order valence-corrected chi connectivity index (χ3v) is 2.93. The van der Waals surface area contributed by atoms with Crippen LogP contribution in [-0.2, 0) is 19.1 Å². The van der Waals surface area contributed by atoms with Crippen LogP contribution in [-0.4, -0.2) is 26.2 Å². The number of benzene rings is 1. The molecule has 108 valence electrons. The second kappa shape index (κ2) is 7.72. The van der Waals surface area contributed by atoms with Crippen molar-refractivity contribution in [1.82, 2.24) is 0 Å². The quantitative estimate of drug-likeness (QED) is 0.478. The van der Waals surface area contributed by atoms with Crippen LogP contribution >= 0.6 is 0 Å². The Labute approximate surface area is 123 Å². The number of carbonyl (C=O) groups is 2. The minimum atomic E-state index is -1.71. The molecule has 1 rings (SSSR count). The molecule has 0 N–H and O–H groups in total. The molecule has 0 heterocycles. The standard InChI is InChI=1S/C16H15NO4/c1-20-14(18)16(11-12-17,15(19)21-2)10-6-9-13-7-4-3-5-8-13/h3-5,7-8H,10-11H2,1-2H3. The Morgan fingerprint density at radius 1 is 1.10 bits per heavy atom. The highest BCUT2D eigenvalue weighted by atomic mass is 16.5. The average molecular weight is 285 g/mol. The molecule has 0 aliphatic carbocycles. The van der Waals surface area contributed by atoms with E-state index in [1.165, 1.54) is 0 Å². The number of nitriles is 1. The van der Waals surface area contributed by atoms with Crippen molar-refractivity contribution in [3.8, 4) is 17.9 Å². The highest BCUT2D eigenvalue weighted by Gasteiger charge is 2.48. The van der Waals surface area contributed by atoms with E-state index in [9.17, 15) is 9.59 Å². The smallest absolute Gasteiger partial charge is 0.325 e. The largest absolute Gasteiger partial charge is 0.468 e. The van der Waals surface area contributed by atoms with E-state index < -0.39 is 17.4 Å². The summed E-state index contributed by atoms with van der Waals surface area (Å²) < 4.78 is 9.27. The first-order chi connectivity index (χ1) is 10.1. The zero-order valence-corrected chi connectivity index (χ0v) is 11.9. The summed E-state index contributed by atoms with van der Waals surface area (Å²) in [4.78, 5) is 23.8. The van der Waals surface area contributed by atoms with Crippen LogP contribution in [0.5, 0.6) is 0 Å². The van der Waals surface area contributed by atoms with Crippen molar-refractivity contribution < 1.29 is 19.1 Å². The molecule has 0 aliphatic heterocycles. The van der Waals surface area contributed by atoms with Crippen molar-refractivity contribution in [3.05, 3.63) is 35.9 Å². The molecule has 5 nitrogen and oxygen atoms in total. The number of hydrogen-bond donors (Lipinski definition) is 0. The van der Waals surface area contributed by atoms with Gasteiger partial charge in [-0.05, 0) is 12.1 Å². The summed E-state index contributed by atoms with van der Waals surface area (Å²) in [7, 11) is 2.31. The molecular formula is C16H15NO4. The first-order valence-electron chi connectivity index (χ1n) is 6.18. The van der Waals surface area contributed by atoms with Gasteiger partial charge in [0.15, 0.2) is 5.41 Å². The number of methoxy groups -OCH3 is 2. The lowest BCUT2D eigenvalue weighted by Crippen LogP contribution is -2.40. The number of esters is 2. The van der Waals surface area contributed by atoms with E-state index in [0.29, 0.717) is 0 Å². The van der Waals surface area contributed by atoms with Crippen molar-refractivity contribution in [1.29, 1.82) is 5.26 Å². The second-order valence-corrected chi connectivity index (χ2v) is 4.24. The van der Waals surface area contributed by atoms with Crippen molar-refractivity contribution in [2.24, 2.45) is 5.41 Å². The highest BCUT2D eigenvalue weighted by molar-refractivity contribution is 6.00. The third kappa shape index (κ3) is 3.84. The van der Waals surface area contributed by atoms with Gasteiger partial charge in [0.05, 0.1) is 26.7 Å². The molecule has 0 saturated heterocycles. The van der Waals surface area contributed by atoms with Gasteiger partial charge in [0.2, 0.25) is 0 Å². The van der Waals surface area contributed by atoms with Crippen molar-refractivity contribution in [2.45, 2.75) is 12.8 Å². The molecule has 21 heavy (non-hydrogen) atoms. The third-order valence-electron chi connectivity index (χ3n) is 2.93. The van der Waals surface area contributed by atoms with E-state index in [1.54, 1.807) is 12.1 Å². The van der Waals surface area contributed by atoms with Gasteiger partial charge in [0, 0.05) is 12.0 Å². The lowest BCUT2D eigenvalue weighted by molar-refractivity contribution is -0.168. The van der Waals surface area contributed by atoms with Crippen LogP contribution in [0.4, 0.5) is 0 Å². The maximum Gasteiger partial charge on any atom is 0.325 e. The minimum absolute atomic E-state index is 0.144. The first kappa shape index (κ1) is 16.3. The van der Waals surface area contributed by atoms with Crippen LogP contribution in [0.1, 0.15) is 18.4 Å². The number of nitrogens with zero attached hydrogens (tertiary/aromatic N) is 1. The molecule has 0 saturated carbocycles. The molecule has 1 aromatic carbocycles. The van der Waals surface area contributed by atoms with E-state index in [4.69, 9.17) is 5.26 Å². The Bertz CT molecular complexity index is 589. The minimum Gasteiger partial charge on any atom is -0.468 e. The van der Waals surface area contributed by atoms with Gasteiger partial charge in [-0.15, -0.1) is 0 Å². The molecule has 0 aliphatic rings. The van der Waals surface area contributed by atoms with Gasteiger partial charge in [-0.25, -0.2) is 0 Å². The Morgan fingerprint density at radius 3 is 2.14 bits per heavy atom. The molecule has 1 aromatic rings. The second-order valence-electron chi connectivity index (χ2n) is 4.24. The van der Waals surface area contributed by atoms with Gasteiger partial charge in [-0.1, -0.05) is 30.0 Å². The van der Waals surface area contributed by atoms with Crippen LogP contribution in [0, 0.1) is 28.6 Å². The molecule has 0 radical (unpaired) electrons. The SMILES string of the molecule is COC(=O)C(CC#N)(CC#Cc1ccccc1)C(=O)OC. The first-order valence-corrected chi connectivity index (χ1v) is 6.18. The average Bonchev–Trinajstić information content (AvgIpc) is 2.53. The van der Waals surface area contributed by atoms with E-state index in [-0.39, 0.29) is 12.8 Å². The number of hydrogen-bond acceptors (Lipinski definition) is 5. The van der Waals surface area contributed by atoms with Gasteiger partial charge in [-0.3, -0.25) is 9.59 Å². The predicted octanol–water partition coefficient (Wildman–Crippen LogP) is 1.67. The summed E-state index contributed by atoms with van der Waals surface area (Å²) in [5.41, 5.74) is -0.960. The monoisotopic (exact) mass is 285 g/mol. The summed E-state index contributed by atoms with van der Waals surface area (Å²) in [5, 5.41) is 8.89. The van der Waals surface area contributed by atoms with Gasteiger partial charge >= 0.3 is 11.9 Å². The molecular weight excluding hydrogens is 270 g/mol. The van der Waals surface area contributed by atoms with E-state index >= 15 is 0 Å². The fourth-order valence-corrected chi connectivity index (χ4v) is 1.78. The van der Waals surface area contributed by atoms with Gasteiger partial charge in [0.25, 0.3) is 0 Å². The number of rotatable bonds is 4. The lowest BCUT2D eigenvalue weighted by atomic mass is 9.81. The van der Waals surface area contributed by atoms with Gasteiger partial charge in [-0.2, -0.15) is 5.26 Å². The Hall–Kier alpha value is -2.79. The lowest BCUT2D eigenvalue weighted by Gasteiger charge is -2.23. The number of ether oxygens (including phenoxy) is 2. The Morgan fingerprint density at radius 2 is 1.67 bits per heavy atom. The fraction of sp³-hybridized carbons (Fsp3) is 0.312. The normalized spacial score (nSPS) is 9.76. The molecule has 0 bridgehead atoms. The van der Waals surface area contributed by atoms with Gasteiger partial charge in [0.1, 0.15) is 0 Å². The maximum absolute atomic E-state index is 11.9. The van der Waals surface area contributed by atoms with Crippen molar-refractivity contribution in [3.63, 3.8) is 0 Å². The zero-order chi connectivity index (χ0) is 15.7. The Balaban J connectivity index is 3.08. The molecule has 0 spiro atoms. The topological polar surface area (TPSA) is 76.4 Å². The molecule has 0 aromatic heterocycles. The maximum atomic E-state index is 11.9. The van der Waals surface area contributed by atoms with Crippen LogP contribution in [0.15, 0.2) is 30.3 Å². The summed E-state index contributed by atoms with van der Waals surface area (Å²) in [6.45, 7) is 0. The van der Waals surface area contributed by atoms with Crippen molar-refractivity contribution in [2.75, 3.05) is 14.2 Å². The van der Waals surface area contributed by atoms with E-state index in [0.717, 1.165) is 19.8 Å². The molecule has 5 heteroatoms. The highest BCUT2D eigenvalue weighted by Crippen LogP contribution is 2.29. The van der Waals surface area contributed by atoms with Gasteiger partial charge < -0.3 is 9.47 Å². The fourth-order valence-electron chi connectivity index (χ4n) is 1.78. The van der Waals surface area contributed by atoms with Crippen molar-refractivity contribution >= 4 is 11.9 Å². The van der Waals surface area contributed by atoms with Crippen LogP contribution in [0.3, 0.4) is 0 Å². The summed E-state index contributed by atoms with van der Waals surface area (Å²) in [6.07, 6.45) is -0.495. The molecule has 0 unspecified atom stereocenters. The van der Waals surface area contributed by atoms with Crippen LogP contribution in [0.2, 0.25) is 0 Å². The zero-order valence-electron chi connectivity index (χ0n) is 11.9. The molecule has 0 amide bonds. The van der Waals surface area contributed by atoms with Crippen LogP contribution < -0.4 is 0 Å². The summed E-state index contributed by atoms with van der Waals surface area (Å²) in [5.74, 6) is 3.95. The van der Waals surface area contributed by atoms with Crippen LogP contribution in [0.25, 0.3) is 0 Å². The molecule has 0 fully saturated rings. The predicted molar refractivity (Wildman–Crippen MR) is 74.6 cm³/mol. The summed E-state index contributed by atoms with van der Waals surface area (Å²) >= 11 is 0. The Kier molecular flexibility index (Phi) is 5.98.